The van der Waals surface area contributed by atoms with Gasteiger partial charge in [-0.05, 0) is 50.3 Å². The normalized spacial score (nSPS) is 15.2. The SMILES string of the molecule is CCCCC(CN)c1cc(-c2ncc3c(=O)[nH]c(=O)n(C4CC4)c3n2)sc1C. The van der Waals surface area contributed by atoms with Crippen LogP contribution in [0.25, 0.3) is 21.7 Å². The van der Waals surface area contributed by atoms with Gasteiger partial charge in [0, 0.05) is 17.1 Å². The van der Waals surface area contributed by atoms with Gasteiger partial charge in [-0.1, -0.05) is 19.8 Å². The van der Waals surface area contributed by atoms with E-state index in [-0.39, 0.29) is 6.04 Å². The van der Waals surface area contributed by atoms with Crippen LogP contribution in [0.3, 0.4) is 0 Å². The summed E-state index contributed by atoms with van der Waals surface area (Å²) in [5, 5.41) is 0.353. The van der Waals surface area contributed by atoms with Gasteiger partial charge in [-0.3, -0.25) is 14.3 Å². The van der Waals surface area contributed by atoms with Gasteiger partial charge in [-0.15, -0.1) is 11.3 Å². The van der Waals surface area contributed by atoms with Crippen molar-refractivity contribution in [2.24, 2.45) is 5.73 Å². The lowest BCUT2D eigenvalue weighted by molar-refractivity contribution is 0.591. The second-order valence-corrected chi connectivity index (χ2v) is 8.74. The maximum atomic E-state index is 12.3. The van der Waals surface area contributed by atoms with Crippen LogP contribution in [-0.4, -0.2) is 26.1 Å². The van der Waals surface area contributed by atoms with Crippen LogP contribution in [0.4, 0.5) is 0 Å². The molecule has 3 heterocycles. The molecule has 1 aliphatic carbocycles. The number of H-pyrrole nitrogens is 1. The highest BCUT2D eigenvalue weighted by molar-refractivity contribution is 7.15. The number of unbranched alkanes of at least 4 members (excludes halogenated alkanes) is 1. The van der Waals surface area contributed by atoms with Crippen LogP contribution in [-0.2, 0) is 0 Å². The molecule has 1 aliphatic rings. The van der Waals surface area contributed by atoms with E-state index in [2.05, 4.69) is 34.9 Å². The molecule has 1 fully saturated rings. The molecule has 1 saturated carbocycles. The lowest BCUT2D eigenvalue weighted by Gasteiger charge is -2.13. The van der Waals surface area contributed by atoms with Crippen molar-refractivity contribution in [3.8, 4) is 10.7 Å². The van der Waals surface area contributed by atoms with Crippen molar-refractivity contribution in [2.45, 2.75) is 57.9 Å². The summed E-state index contributed by atoms with van der Waals surface area (Å²) in [6, 6.07) is 2.24. The fourth-order valence-electron chi connectivity index (χ4n) is 3.69. The van der Waals surface area contributed by atoms with Crippen molar-refractivity contribution in [2.75, 3.05) is 6.54 Å². The summed E-state index contributed by atoms with van der Waals surface area (Å²) in [6.07, 6.45) is 6.75. The number of thiophene rings is 1. The van der Waals surface area contributed by atoms with E-state index in [9.17, 15) is 9.59 Å². The highest BCUT2D eigenvalue weighted by Crippen LogP contribution is 2.37. The van der Waals surface area contributed by atoms with E-state index in [1.807, 2.05) is 0 Å². The van der Waals surface area contributed by atoms with Gasteiger partial charge >= 0.3 is 5.69 Å². The summed E-state index contributed by atoms with van der Waals surface area (Å²) < 4.78 is 1.60. The predicted molar refractivity (Wildman–Crippen MR) is 112 cm³/mol. The largest absolute Gasteiger partial charge is 0.330 e. The van der Waals surface area contributed by atoms with Crippen LogP contribution in [0.1, 0.15) is 61.4 Å². The molecule has 0 saturated heterocycles. The molecule has 0 aliphatic heterocycles. The van der Waals surface area contributed by atoms with Gasteiger partial charge in [0.1, 0.15) is 5.39 Å². The van der Waals surface area contributed by atoms with Crippen LogP contribution in [0.2, 0.25) is 0 Å². The smallest absolute Gasteiger partial charge is 0.330 e. The second-order valence-electron chi connectivity index (χ2n) is 7.49. The van der Waals surface area contributed by atoms with Gasteiger partial charge < -0.3 is 5.73 Å². The average Bonchev–Trinajstić information content (AvgIpc) is 3.44. The van der Waals surface area contributed by atoms with Crippen molar-refractivity contribution in [3.63, 3.8) is 0 Å². The molecule has 1 unspecified atom stereocenters. The minimum atomic E-state index is -0.436. The quantitative estimate of drug-likeness (QED) is 0.635. The highest BCUT2D eigenvalue weighted by atomic mass is 32.1. The fraction of sp³-hybridized carbons (Fsp3) is 0.500. The molecule has 3 aromatic heterocycles. The molecule has 148 valence electrons. The fourth-order valence-corrected chi connectivity index (χ4v) is 4.74. The molecule has 0 amide bonds. The Hall–Kier alpha value is -2.32. The number of hydrogen-bond donors (Lipinski definition) is 2. The zero-order valence-electron chi connectivity index (χ0n) is 16.2. The second kappa shape index (κ2) is 7.60. The lowest BCUT2D eigenvalue weighted by Crippen LogP contribution is -2.30. The molecule has 0 spiro atoms. The third-order valence-corrected chi connectivity index (χ3v) is 6.46. The van der Waals surface area contributed by atoms with Gasteiger partial charge in [0.15, 0.2) is 11.5 Å². The number of nitrogens with zero attached hydrogens (tertiary/aromatic N) is 3. The number of aryl methyl sites for hydroxylation is 1. The molecular formula is C20H25N5O2S. The standard InChI is InChI=1S/C20H25N5O2S/c1-3-4-5-12(9-21)14-8-16(28-11(14)2)17-22-10-15-18(23-17)25(13-6-7-13)20(27)24-19(15)26/h8,10,12-13H,3-7,9,21H2,1-2H3,(H,24,26,27). The first-order valence-corrected chi connectivity index (χ1v) is 10.7. The van der Waals surface area contributed by atoms with E-state index < -0.39 is 11.2 Å². The van der Waals surface area contributed by atoms with E-state index in [0.717, 1.165) is 37.0 Å². The molecule has 3 N–H and O–H groups in total. The maximum absolute atomic E-state index is 12.3. The van der Waals surface area contributed by atoms with Crippen LogP contribution in [0, 0.1) is 6.92 Å². The molecule has 8 heteroatoms. The van der Waals surface area contributed by atoms with Crippen LogP contribution in [0.15, 0.2) is 21.9 Å². The van der Waals surface area contributed by atoms with Crippen molar-refractivity contribution in [1.29, 1.82) is 0 Å². The number of rotatable bonds is 7. The number of nitrogens with two attached hydrogens (primary N) is 1. The van der Waals surface area contributed by atoms with Crippen LogP contribution in [0.5, 0.6) is 0 Å². The molecule has 7 nitrogen and oxygen atoms in total. The Kier molecular flexibility index (Phi) is 5.16. The summed E-state index contributed by atoms with van der Waals surface area (Å²) >= 11 is 1.64. The number of hydrogen-bond acceptors (Lipinski definition) is 6. The van der Waals surface area contributed by atoms with Crippen molar-refractivity contribution >= 4 is 22.4 Å². The van der Waals surface area contributed by atoms with Gasteiger partial charge in [-0.2, -0.15) is 0 Å². The Morgan fingerprint density at radius 3 is 2.86 bits per heavy atom. The molecular weight excluding hydrogens is 374 g/mol. The molecule has 1 atom stereocenters. The minimum Gasteiger partial charge on any atom is -0.330 e. The van der Waals surface area contributed by atoms with Gasteiger partial charge in [0.05, 0.1) is 4.88 Å². The first-order chi connectivity index (χ1) is 13.5. The molecule has 0 radical (unpaired) electrons. The van der Waals surface area contributed by atoms with E-state index in [0.29, 0.717) is 29.3 Å². The Morgan fingerprint density at radius 1 is 1.39 bits per heavy atom. The number of aromatic nitrogens is 4. The third kappa shape index (κ3) is 3.42. The average molecular weight is 400 g/mol. The number of nitrogens with one attached hydrogen (secondary N) is 1. The third-order valence-electron chi connectivity index (χ3n) is 5.40. The first-order valence-electron chi connectivity index (χ1n) is 9.85. The number of aromatic amines is 1. The van der Waals surface area contributed by atoms with Crippen molar-refractivity contribution < 1.29 is 0 Å². The zero-order valence-corrected chi connectivity index (χ0v) is 17.0. The highest BCUT2D eigenvalue weighted by Gasteiger charge is 2.28. The summed E-state index contributed by atoms with van der Waals surface area (Å²) in [5.74, 6) is 0.885. The Morgan fingerprint density at radius 2 is 2.18 bits per heavy atom. The van der Waals surface area contributed by atoms with E-state index in [1.165, 1.54) is 16.6 Å². The topological polar surface area (TPSA) is 107 Å². The van der Waals surface area contributed by atoms with E-state index >= 15 is 0 Å². The van der Waals surface area contributed by atoms with E-state index in [1.54, 1.807) is 15.9 Å². The molecule has 0 bridgehead atoms. The van der Waals surface area contributed by atoms with Crippen molar-refractivity contribution in [1.82, 2.24) is 19.5 Å². The Bertz CT molecular complexity index is 1130. The summed E-state index contributed by atoms with van der Waals surface area (Å²) in [5.41, 5.74) is 6.88. The van der Waals surface area contributed by atoms with E-state index in [4.69, 9.17) is 5.73 Å². The molecule has 3 aromatic rings. The maximum Gasteiger partial charge on any atom is 0.330 e. The number of fused-ring (bicyclic) bond motifs is 1. The lowest BCUT2D eigenvalue weighted by atomic mass is 9.94. The molecule has 4 rings (SSSR count). The van der Waals surface area contributed by atoms with Gasteiger partial charge in [-0.25, -0.2) is 14.8 Å². The summed E-state index contributed by atoms with van der Waals surface area (Å²) in [7, 11) is 0. The first kappa shape index (κ1) is 19.0. The van der Waals surface area contributed by atoms with Crippen molar-refractivity contribution in [3.05, 3.63) is 43.5 Å². The van der Waals surface area contributed by atoms with Gasteiger partial charge in [0.25, 0.3) is 5.56 Å². The monoisotopic (exact) mass is 399 g/mol. The van der Waals surface area contributed by atoms with Crippen LogP contribution >= 0.6 is 11.3 Å². The Balaban J connectivity index is 1.80. The summed E-state index contributed by atoms with van der Waals surface area (Å²) in [4.78, 5) is 38.1. The predicted octanol–water partition coefficient (Wildman–Crippen LogP) is 3.08. The molecule has 0 aromatic carbocycles. The van der Waals surface area contributed by atoms with Gasteiger partial charge in [0.2, 0.25) is 0 Å². The zero-order chi connectivity index (χ0) is 19.8. The summed E-state index contributed by atoms with van der Waals surface area (Å²) in [6.45, 7) is 4.90. The Labute approximate surface area is 166 Å². The molecule has 28 heavy (non-hydrogen) atoms. The van der Waals surface area contributed by atoms with Crippen LogP contribution < -0.4 is 17.0 Å². The minimum absolute atomic E-state index is 0.117.